The number of carbonyl (C=O) groups excluding carboxylic acids is 1. The number of methoxy groups -OCH3 is 3. The lowest BCUT2D eigenvalue weighted by Crippen LogP contribution is -2.30. The van der Waals surface area contributed by atoms with E-state index in [-0.39, 0.29) is 11.8 Å². The maximum Gasteiger partial charge on any atom is 0.223 e. The zero-order valence-electron chi connectivity index (χ0n) is 22.4. The summed E-state index contributed by atoms with van der Waals surface area (Å²) in [6.45, 7) is 3.62. The number of hydrogen-bond donors (Lipinski definition) is 0. The molecule has 194 valence electrons. The molecule has 0 aliphatic rings. The third-order valence-corrected chi connectivity index (χ3v) is 7.02. The Bertz CT molecular complexity index is 1360. The smallest absolute Gasteiger partial charge is 0.223 e. The van der Waals surface area contributed by atoms with Crippen LogP contribution >= 0.6 is 0 Å². The molecule has 0 aliphatic carbocycles. The van der Waals surface area contributed by atoms with Crippen LogP contribution in [0.25, 0.3) is 10.9 Å². The highest BCUT2D eigenvalue weighted by Crippen LogP contribution is 2.36. The van der Waals surface area contributed by atoms with Crippen LogP contribution in [0.5, 0.6) is 17.2 Å². The van der Waals surface area contributed by atoms with E-state index in [4.69, 9.17) is 14.2 Å². The minimum Gasteiger partial charge on any atom is -0.497 e. The first kappa shape index (κ1) is 26.1. The molecule has 1 unspecified atom stereocenters. The predicted molar refractivity (Wildman–Crippen MR) is 148 cm³/mol. The van der Waals surface area contributed by atoms with Gasteiger partial charge in [-0.2, -0.15) is 0 Å². The number of likely N-dealkylation sites (N-methyl/N-ethyl adjacent to an activating group) is 1. The molecule has 37 heavy (non-hydrogen) atoms. The third-order valence-electron chi connectivity index (χ3n) is 7.02. The quantitative estimate of drug-likeness (QED) is 0.257. The lowest BCUT2D eigenvalue weighted by atomic mass is 9.87. The van der Waals surface area contributed by atoms with Gasteiger partial charge in [-0.25, -0.2) is 0 Å². The van der Waals surface area contributed by atoms with Crippen LogP contribution in [-0.2, 0) is 17.8 Å². The largest absolute Gasteiger partial charge is 0.497 e. The van der Waals surface area contributed by atoms with Gasteiger partial charge in [0.25, 0.3) is 0 Å². The first-order valence-corrected chi connectivity index (χ1v) is 12.7. The molecule has 0 fully saturated rings. The molecule has 4 rings (SSSR count). The second-order valence-electron chi connectivity index (χ2n) is 9.18. The van der Waals surface area contributed by atoms with Crippen LogP contribution < -0.4 is 14.2 Å². The maximum atomic E-state index is 13.6. The number of carbonyl (C=O) groups is 1. The van der Waals surface area contributed by atoms with Crippen molar-refractivity contribution in [2.45, 2.75) is 32.2 Å². The monoisotopic (exact) mass is 500 g/mol. The minimum absolute atomic E-state index is 0.0937. The normalized spacial score (nSPS) is 11.8. The molecule has 3 aromatic carbocycles. The summed E-state index contributed by atoms with van der Waals surface area (Å²) < 4.78 is 18.5. The van der Waals surface area contributed by atoms with Crippen LogP contribution in [0.1, 0.15) is 36.0 Å². The molecule has 0 N–H and O–H groups in total. The van der Waals surface area contributed by atoms with Crippen LogP contribution in [0.4, 0.5) is 0 Å². The summed E-state index contributed by atoms with van der Waals surface area (Å²) in [6, 6.07) is 22.3. The molecule has 0 saturated carbocycles. The highest BCUT2D eigenvalue weighted by atomic mass is 16.5. The lowest BCUT2D eigenvalue weighted by Gasteiger charge is -2.23. The van der Waals surface area contributed by atoms with Crippen LogP contribution in [-0.4, -0.2) is 50.3 Å². The second kappa shape index (κ2) is 11.9. The van der Waals surface area contributed by atoms with E-state index in [1.54, 1.807) is 21.3 Å². The summed E-state index contributed by atoms with van der Waals surface area (Å²) in [6.07, 6.45) is 3.29. The standard InChI is InChI=1S/C31H36N2O4/c1-6-33-21-27(25-12-7-8-13-28(25)33)26(23-10-9-11-24(19-23)35-3)20-31(34)32(2)17-16-22-14-15-29(36-4)30(18-22)37-5/h7-15,18-19,21,26H,6,16-17,20H2,1-5H3. The first-order chi connectivity index (χ1) is 18.0. The van der Waals surface area contributed by atoms with Gasteiger partial charge in [-0.3, -0.25) is 4.79 Å². The Morgan fingerprint density at radius 3 is 2.43 bits per heavy atom. The average Bonchev–Trinajstić information content (AvgIpc) is 3.32. The fraction of sp³-hybridized carbons (Fsp3) is 0.323. The van der Waals surface area contributed by atoms with Crippen molar-refractivity contribution in [1.29, 1.82) is 0 Å². The Morgan fingerprint density at radius 2 is 1.70 bits per heavy atom. The van der Waals surface area contributed by atoms with Crippen molar-refractivity contribution in [2.75, 3.05) is 34.9 Å². The predicted octanol–water partition coefficient (Wildman–Crippen LogP) is 5.91. The van der Waals surface area contributed by atoms with Gasteiger partial charge in [0, 0.05) is 49.6 Å². The molecule has 6 heteroatoms. The Labute approximate surface area is 219 Å². The number of benzene rings is 3. The summed E-state index contributed by atoms with van der Waals surface area (Å²) in [4.78, 5) is 15.4. The molecule has 1 amide bonds. The van der Waals surface area contributed by atoms with Gasteiger partial charge in [-0.1, -0.05) is 36.4 Å². The fourth-order valence-electron chi connectivity index (χ4n) is 4.87. The molecule has 0 spiro atoms. The molecular formula is C31H36N2O4. The van der Waals surface area contributed by atoms with Gasteiger partial charge in [0.05, 0.1) is 21.3 Å². The fourth-order valence-corrected chi connectivity index (χ4v) is 4.87. The van der Waals surface area contributed by atoms with Crippen molar-refractivity contribution in [1.82, 2.24) is 9.47 Å². The molecule has 0 bridgehead atoms. The highest BCUT2D eigenvalue weighted by molar-refractivity contribution is 5.86. The van der Waals surface area contributed by atoms with Gasteiger partial charge in [0.1, 0.15) is 5.75 Å². The molecule has 6 nitrogen and oxygen atoms in total. The molecule has 1 atom stereocenters. The number of amides is 1. The van der Waals surface area contributed by atoms with Crippen molar-refractivity contribution in [2.24, 2.45) is 0 Å². The summed E-state index contributed by atoms with van der Waals surface area (Å²) in [5.74, 6) is 2.18. The topological polar surface area (TPSA) is 52.9 Å². The number of ether oxygens (including phenoxy) is 3. The molecule has 4 aromatic rings. The number of fused-ring (bicyclic) bond motifs is 1. The molecule has 0 aliphatic heterocycles. The summed E-state index contributed by atoms with van der Waals surface area (Å²) >= 11 is 0. The highest BCUT2D eigenvalue weighted by Gasteiger charge is 2.24. The summed E-state index contributed by atoms with van der Waals surface area (Å²) in [5.41, 5.74) is 4.50. The Kier molecular flexibility index (Phi) is 8.39. The number of nitrogens with zero attached hydrogens (tertiary/aromatic N) is 2. The third kappa shape index (κ3) is 5.74. The van der Waals surface area contributed by atoms with Crippen molar-refractivity contribution >= 4 is 16.8 Å². The van der Waals surface area contributed by atoms with Gasteiger partial charge >= 0.3 is 0 Å². The molecule has 0 saturated heterocycles. The van der Waals surface area contributed by atoms with Crippen LogP contribution in [0.15, 0.2) is 72.9 Å². The van der Waals surface area contributed by atoms with E-state index in [9.17, 15) is 4.79 Å². The molecule has 0 radical (unpaired) electrons. The van der Waals surface area contributed by atoms with E-state index in [0.29, 0.717) is 24.5 Å². The molecular weight excluding hydrogens is 464 g/mol. The van der Waals surface area contributed by atoms with Crippen LogP contribution in [0, 0.1) is 0 Å². The maximum absolute atomic E-state index is 13.6. The van der Waals surface area contributed by atoms with E-state index in [1.165, 1.54) is 10.9 Å². The lowest BCUT2D eigenvalue weighted by molar-refractivity contribution is -0.130. The first-order valence-electron chi connectivity index (χ1n) is 12.7. The average molecular weight is 501 g/mol. The zero-order valence-corrected chi connectivity index (χ0v) is 22.4. The number of hydrogen-bond acceptors (Lipinski definition) is 4. The molecule has 1 heterocycles. The zero-order chi connectivity index (χ0) is 26.4. The number of aromatic nitrogens is 1. The van der Waals surface area contributed by atoms with Crippen molar-refractivity contribution in [3.05, 3.63) is 89.6 Å². The summed E-state index contributed by atoms with van der Waals surface area (Å²) in [5, 5.41) is 1.18. The van der Waals surface area contributed by atoms with E-state index >= 15 is 0 Å². The Balaban J connectivity index is 1.59. The van der Waals surface area contributed by atoms with Crippen LogP contribution in [0.2, 0.25) is 0 Å². The number of para-hydroxylation sites is 1. The number of aryl methyl sites for hydroxylation is 1. The van der Waals surface area contributed by atoms with Crippen molar-refractivity contribution < 1.29 is 19.0 Å². The van der Waals surface area contributed by atoms with E-state index in [0.717, 1.165) is 35.4 Å². The SMILES string of the molecule is CCn1cc(C(CC(=O)N(C)CCc2ccc(OC)c(OC)c2)c2cccc(OC)c2)c2ccccc21. The van der Waals surface area contributed by atoms with E-state index < -0.39 is 0 Å². The van der Waals surface area contributed by atoms with Crippen molar-refractivity contribution in [3.8, 4) is 17.2 Å². The Hall–Kier alpha value is -3.93. The Morgan fingerprint density at radius 1 is 0.919 bits per heavy atom. The van der Waals surface area contributed by atoms with E-state index in [1.807, 2.05) is 48.3 Å². The molecule has 1 aromatic heterocycles. The van der Waals surface area contributed by atoms with Gasteiger partial charge in [0.15, 0.2) is 11.5 Å². The van der Waals surface area contributed by atoms with Gasteiger partial charge in [-0.05, 0) is 60.4 Å². The second-order valence-corrected chi connectivity index (χ2v) is 9.18. The van der Waals surface area contributed by atoms with E-state index in [2.05, 4.69) is 48.0 Å². The van der Waals surface area contributed by atoms with Gasteiger partial charge in [-0.15, -0.1) is 0 Å². The van der Waals surface area contributed by atoms with Gasteiger partial charge < -0.3 is 23.7 Å². The van der Waals surface area contributed by atoms with Crippen LogP contribution in [0.3, 0.4) is 0 Å². The van der Waals surface area contributed by atoms with Crippen molar-refractivity contribution in [3.63, 3.8) is 0 Å². The van der Waals surface area contributed by atoms with Gasteiger partial charge in [0.2, 0.25) is 5.91 Å². The summed E-state index contributed by atoms with van der Waals surface area (Å²) in [7, 11) is 6.80. The minimum atomic E-state index is -0.0937. The number of rotatable bonds is 11.